The predicted molar refractivity (Wildman–Crippen MR) is 62.5 cm³/mol. The molecule has 0 bridgehead atoms. The van der Waals surface area contributed by atoms with E-state index in [1.54, 1.807) is 36.4 Å². The Morgan fingerprint density at radius 1 is 0.824 bits per heavy atom. The summed E-state index contributed by atoms with van der Waals surface area (Å²) in [7, 11) is 0. The summed E-state index contributed by atoms with van der Waals surface area (Å²) in [5.41, 5.74) is 0.860. The molecule has 1 aromatic heterocycles. The van der Waals surface area contributed by atoms with Crippen LogP contribution in [0.4, 0.5) is 0 Å². The van der Waals surface area contributed by atoms with E-state index in [0.717, 1.165) is 0 Å². The molecule has 2 rings (SSSR count). The van der Waals surface area contributed by atoms with E-state index in [9.17, 15) is 9.59 Å². The topological polar surface area (TPSA) is 59.1 Å². The number of aromatic nitrogens is 1. The molecule has 1 N–H and O–H groups in total. The Bertz CT molecular complexity index is 474. The molecular formula is C13H10N2O2. The SMILES string of the molecule is O=C(NC(=O)c1ccncc1)c1ccccc1. The number of hydrogen-bond acceptors (Lipinski definition) is 3. The lowest BCUT2D eigenvalue weighted by molar-refractivity contribution is 0.0849. The first kappa shape index (κ1) is 11.0. The van der Waals surface area contributed by atoms with Crippen LogP contribution >= 0.6 is 0 Å². The van der Waals surface area contributed by atoms with Crippen LogP contribution in [0, 0.1) is 0 Å². The quantitative estimate of drug-likeness (QED) is 0.792. The summed E-state index contributed by atoms with van der Waals surface area (Å²) >= 11 is 0. The zero-order valence-electron chi connectivity index (χ0n) is 8.96. The number of carbonyl (C=O) groups excluding carboxylic acids is 2. The Hall–Kier alpha value is -2.49. The van der Waals surface area contributed by atoms with E-state index in [4.69, 9.17) is 0 Å². The number of hydrogen-bond donors (Lipinski definition) is 1. The lowest BCUT2D eigenvalue weighted by atomic mass is 10.2. The fourth-order valence-electron chi connectivity index (χ4n) is 1.34. The smallest absolute Gasteiger partial charge is 0.258 e. The minimum Gasteiger partial charge on any atom is -0.288 e. The molecule has 0 spiro atoms. The van der Waals surface area contributed by atoms with E-state index in [1.807, 2.05) is 6.07 Å². The lowest BCUT2D eigenvalue weighted by Crippen LogP contribution is -2.30. The standard InChI is InChI=1S/C13H10N2O2/c16-12(10-4-2-1-3-5-10)15-13(17)11-6-8-14-9-7-11/h1-9H,(H,15,16,17). The highest BCUT2D eigenvalue weighted by molar-refractivity contribution is 6.10. The van der Waals surface area contributed by atoms with Crippen LogP contribution in [-0.4, -0.2) is 16.8 Å². The average molecular weight is 226 g/mol. The third-order valence-electron chi connectivity index (χ3n) is 2.21. The zero-order valence-corrected chi connectivity index (χ0v) is 8.96. The van der Waals surface area contributed by atoms with Crippen LogP contribution in [0.25, 0.3) is 0 Å². The Kier molecular flexibility index (Phi) is 3.25. The summed E-state index contributed by atoms with van der Waals surface area (Å²) in [5, 5.41) is 2.31. The number of benzene rings is 1. The number of nitrogens with one attached hydrogen (secondary N) is 1. The van der Waals surface area contributed by atoms with Gasteiger partial charge in [-0.1, -0.05) is 18.2 Å². The molecule has 0 saturated heterocycles. The Labute approximate surface area is 98.3 Å². The highest BCUT2D eigenvalue weighted by Gasteiger charge is 2.10. The zero-order chi connectivity index (χ0) is 12.1. The number of amides is 2. The molecule has 17 heavy (non-hydrogen) atoms. The normalized spacial score (nSPS) is 9.65. The van der Waals surface area contributed by atoms with Gasteiger partial charge in [-0.05, 0) is 24.3 Å². The Morgan fingerprint density at radius 3 is 1.94 bits per heavy atom. The number of imide groups is 1. The van der Waals surface area contributed by atoms with Gasteiger partial charge in [0.05, 0.1) is 0 Å². The van der Waals surface area contributed by atoms with Crippen molar-refractivity contribution in [2.75, 3.05) is 0 Å². The summed E-state index contributed by atoms with van der Waals surface area (Å²) < 4.78 is 0. The second-order valence-corrected chi connectivity index (χ2v) is 3.39. The van der Waals surface area contributed by atoms with Crippen molar-refractivity contribution in [2.24, 2.45) is 0 Å². The first-order chi connectivity index (χ1) is 8.27. The molecule has 0 unspecified atom stereocenters. The molecule has 0 radical (unpaired) electrons. The van der Waals surface area contributed by atoms with Crippen LogP contribution in [0.5, 0.6) is 0 Å². The summed E-state index contributed by atoms with van der Waals surface area (Å²) in [4.78, 5) is 27.1. The van der Waals surface area contributed by atoms with Crippen molar-refractivity contribution in [3.8, 4) is 0 Å². The minimum absolute atomic E-state index is 0.407. The van der Waals surface area contributed by atoms with Crippen molar-refractivity contribution < 1.29 is 9.59 Å². The van der Waals surface area contributed by atoms with Gasteiger partial charge in [0, 0.05) is 23.5 Å². The van der Waals surface area contributed by atoms with Gasteiger partial charge >= 0.3 is 0 Å². The van der Waals surface area contributed by atoms with Crippen molar-refractivity contribution in [3.05, 3.63) is 66.0 Å². The lowest BCUT2D eigenvalue weighted by Gasteiger charge is -2.03. The average Bonchev–Trinajstić information content (AvgIpc) is 2.40. The summed E-state index contributed by atoms with van der Waals surface area (Å²) in [6.45, 7) is 0. The molecule has 1 aromatic carbocycles. The summed E-state index contributed by atoms with van der Waals surface area (Å²) in [5.74, 6) is -0.839. The Morgan fingerprint density at radius 2 is 1.35 bits per heavy atom. The van der Waals surface area contributed by atoms with Gasteiger partial charge in [0.15, 0.2) is 0 Å². The molecule has 4 nitrogen and oxygen atoms in total. The molecule has 0 atom stereocenters. The fraction of sp³-hybridized carbons (Fsp3) is 0. The third kappa shape index (κ3) is 2.75. The van der Waals surface area contributed by atoms with Crippen LogP contribution < -0.4 is 5.32 Å². The maximum Gasteiger partial charge on any atom is 0.258 e. The van der Waals surface area contributed by atoms with Gasteiger partial charge in [-0.2, -0.15) is 0 Å². The molecule has 2 amide bonds. The van der Waals surface area contributed by atoms with Crippen LogP contribution in [0.2, 0.25) is 0 Å². The molecule has 1 heterocycles. The van der Waals surface area contributed by atoms with Gasteiger partial charge in [-0.3, -0.25) is 19.9 Å². The molecule has 0 aliphatic rings. The molecular weight excluding hydrogens is 216 g/mol. The summed E-state index contributed by atoms with van der Waals surface area (Å²) in [6, 6.07) is 11.7. The second-order valence-electron chi connectivity index (χ2n) is 3.39. The largest absolute Gasteiger partial charge is 0.288 e. The number of pyridine rings is 1. The number of nitrogens with zero attached hydrogens (tertiary/aromatic N) is 1. The van der Waals surface area contributed by atoms with Gasteiger partial charge in [-0.15, -0.1) is 0 Å². The molecule has 0 saturated carbocycles. The maximum atomic E-state index is 11.7. The number of rotatable bonds is 2. The predicted octanol–water partition coefficient (Wildman–Crippen LogP) is 1.65. The van der Waals surface area contributed by atoms with Crippen LogP contribution in [0.15, 0.2) is 54.9 Å². The monoisotopic (exact) mass is 226 g/mol. The maximum absolute atomic E-state index is 11.7. The molecule has 0 fully saturated rings. The van der Waals surface area contributed by atoms with Crippen molar-refractivity contribution in [1.29, 1.82) is 0 Å². The molecule has 4 heteroatoms. The minimum atomic E-state index is -0.429. The second kappa shape index (κ2) is 5.03. The third-order valence-corrected chi connectivity index (χ3v) is 2.21. The van der Waals surface area contributed by atoms with Crippen LogP contribution in [0.3, 0.4) is 0 Å². The molecule has 0 aliphatic heterocycles. The van der Waals surface area contributed by atoms with Gasteiger partial charge in [-0.25, -0.2) is 0 Å². The van der Waals surface area contributed by atoms with Gasteiger partial charge in [0.25, 0.3) is 11.8 Å². The van der Waals surface area contributed by atoms with Crippen LogP contribution in [-0.2, 0) is 0 Å². The highest BCUT2D eigenvalue weighted by atomic mass is 16.2. The first-order valence-electron chi connectivity index (χ1n) is 5.08. The molecule has 84 valence electrons. The molecule has 0 aliphatic carbocycles. The number of carbonyl (C=O) groups is 2. The first-order valence-corrected chi connectivity index (χ1v) is 5.08. The van der Waals surface area contributed by atoms with Gasteiger partial charge in [0.2, 0.25) is 0 Å². The fourth-order valence-corrected chi connectivity index (χ4v) is 1.34. The van der Waals surface area contributed by atoms with Gasteiger partial charge in [0.1, 0.15) is 0 Å². The highest BCUT2D eigenvalue weighted by Crippen LogP contribution is 2.00. The van der Waals surface area contributed by atoms with E-state index < -0.39 is 11.8 Å². The van der Waals surface area contributed by atoms with E-state index in [2.05, 4.69) is 10.3 Å². The molecule has 2 aromatic rings. The van der Waals surface area contributed by atoms with E-state index in [-0.39, 0.29) is 0 Å². The van der Waals surface area contributed by atoms with E-state index >= 15 is 0 Å². The van der Waals surface area contributed by atoms with E-state index in [0.29, 0.717) is 11.1 Å². The van der Waals surface area contributed by atoms with Crippen molar-refractivity contribution in [1.82, 2.24) is 10.3 Å². The van der Waals surface area contributed by atoms with Crippen molar-refractivity contribution in [3.63, 3.8) is 0 Å². The van der Waals surface area contributed by atoms with E-state index in [1.165, 1.54) is 12.4 Å². The summed E-state index contributed by atoms with van der Waals surface area (Å²) in [6.07, 6.45) is 3.00. The van der Waals surface area contributed by atoms with Crippen molar-refractivity contribution >= 4 is 11.8 Å². The van der Waals surface area contributed by atoms with Crippen molar-refractivity contribution in [2.45, 2.75) is 0 Å². The Balaban J connectivity index is 2.08. The van der Waals surface area contributed by atoms with Crippen LogP contribution in [0.1, 0.15) is 20.7 Å². The van der Waals surface area contributed by atoms with Gasteiger partial charge < -0.3 is 0 Å².